The number of amides is 1. The van der Waals surface area contributed by atoms with Crippen molar-refractivity contribution in [2.24, 2.45) is 0 Å². The number of ether oxygens (including phenoxy) is 1. The molecular formula is C21H22N4O2S. The van der Waals surface area contributed by atoms with Gasteiger partial charge in [0.15, 0.2) is 5.16 Å². The van der Waals surface area contributed by atoms with Crippen LogP contribution in [0.1, 0.15) is 18.9 Å². The number of aromatic amines is 1. The molecule has 0 radical (unpaired) electrons. The van der Waals surface area contributed by atoms with Crippen molar-refractivity contribution in [2.75, 3.05) is 18.6 Å². The predicted octanol–water partition coefficient (Wildman–Crippen LogP) is 4.31. The van der Waals surface area contributed by atoms with E-state index >= 15 is 0 Å². The Morgan fingerprint density at radius 3 is 2.75 bits per heavy atom. The molecule has 1 atom stereocenters. The molecule has 0 fully saturated rings. The van der Waals surface area contributed by atoms with Gasteiger partial charge in [-0.15, -0.1) is 0 Å². The zero-order valence-electron chi connectivity index (χ0n) is 16.1. The number of benzene rings is 2. The first-order valence-electron chi connectivity index (χ1n) is 8.97. The lowest BCUT2D eigenvalue weighted by Gasteiger charge is -2.24. The largest absolute Gasteiger partial charge is 0.497 e. The maximum absolute atomic E-state index is 13.1. The number of thioether (sulfide) groups is 1. The Morgan fingerprint density at radius 2 is 2.07 bits per heavy atom. The van der Waals surface area contributed by atoms with E-state index in [9.17, 15) is 4.79 Å². The van der Waals surface area contributed by atoms with Gasteiger partial charge in [0.05, 0.1) is 35.9 Å². The molecule has 1 N–H and O–H groups in total. The monoisotopic (exact) mass is 394 g/mol. The third kappa shape index (κ3) is 4.46. The SMILES string of the molecule is COc1ccc2nc(SC(C)C(=O)N(CCC#N)c3ccc(C)cc3)[nH]c2c1. The van der Waals surface area contributed by atoms with Gasteiger partial charge < -0.3 is 14.6 Å². The number of H-pyrrole nitrogens is 1. The average Bonchev–Trinajstić information content (AvgIpc) is 3.10. The summed E-state index contributed by atoms with van der Waals surface area (Å²) < 4.78 is 5.24. The van der Waals surface area contributed by atoms with Gasteiger partial charge in [-0.05, 0) is 38.1 Å². The van der Waals surface area contributed by atoms with E-state index in [2.05, 4.69) is 16.0 Å². The Labute approximate surface area is 168 Å². The lowest BCUT2D eigenvalue weighted by Crippen LogP contribution is -2.37. The van der Waals surface area contributed by atoms with Gasteiger partial charge in [-0.2, -0.15) is 5.26 Å². The van der Waals surface area contributed by atoms with E-state index in [0.29, 0.717) is 11.7 Å². The molecule has 7 heteroatoms. The second kappa shape index (κ2) is 8.81. The van der Waals surface area contributed by atoms with Gasteiger partial charge in [0, 0.05) is 18.3 Å². The van der Waals surface area contributed by atoms with Crippen molar-refractivity contribution in [2.45, 2.75) is 30.7 Å². The van der Waals surface area contributed by atoms with Gasteiger partial charge in [-0.1, -0.05) is 29.5 Å². The maximum atomic E-state index is 13.1. The smallest absolute Gasteiger partial charge is 0.240 e. The quantitative estimate of drug-likeness (QED) is 0.604. The number of anilines is 1. The Kier molecular flexibility index (Phi) is 6.22. The number of nitrogens with one attached hydrogen (secondary N) is 1. The molecule has 0 saturated carbocycles. The van der Waals surface area contributed by atoms with Crippen LogP contribution in [0.15, 0.2) is 47.6 Å². The first kappa shape index (κ1) is 19.8. The summed E-state index contributed by atoms with van der Waals surface area (Å²) in [5.74, 6) is 0.695. The van der Waals surface area contributed by atoms with Crippen molar-refractivity contribution < 1.29 is 9.53 Å². The second-order valence-corrected chi connectivity index (χ2v) is 7.75. The second-order valence-electron chi connectivity index (χ2n) is 6.42. The summed E-state index contributed by atoms with van der Waals surface area (Å²) in [5, 5.41) is 9.28. The van der Waals surface area contributed by atoms with Gasteiger partial charge in [0.25, 0.3) is 0 Å². The van der Waals surface area contributed by atoms with E-state index in [1.54, 1.807) is 12.0 Å². The highest BCUT2D eigenvalue weighted by atomic mass is 32.2. The first-order chi connectivity index (χ1) is 13.5. The highest BCUT2D eigenvalue weighted by Crippen LogP contribution is 2.28. The molecule has 0 aliphatic rings. The molecule has 144 valence electrons. The molecule has 3 rings (SSSR count). The van der Waals surface area contributed by atoms with Crippen LogP contribution in [0, 0.1) is 18.3 Å². The summed E-state index contributed by atoms with van der Waals surface area (Å²) >= 11 is 1.37. The van der Waals surface area contributed by atoms with E-state index < -0.39 is 0 Å². The maximum Gasteiger partial charge on any atom is 0.240 e. The lowest BCUT2D eigenvalue weighted by molar-refractivity contribution is -0.117. The molecule has 2 aromatic carbocycles. The summed E-state index contributed by atoms with van der Waals surface area (Å²) in [7, 11) is 1.62. The number of nitrogens with zero attached hydrogens (tertiary/aromatic N) is 3. The first-order valence-corrected chi connectivity index (χ1v) is 9.85. The van der Waals surface area contributed by atoms with Gasteiger partial charge in [-0.3, -0.25) is 4.79 Å². The molecule has 1 unspecified atom stereocenters. The van der Waals surface area contributed by atoms with Crippen LogP contribution in [0.25, 0.3) is 11.0 Å². The summed E-state index contributed by atoms with van der Waals surface area (Å²) in [4.78, 5) is 22.5. The van der Waals surface area contributed by atoms with Crippen LogP contribution in [0.3, 0.4) is 0 Å². The number of nitriles is 1. The Morgan fingerprint density at radius 1 is 1.32 bits per heavy atom. The van der Waals surface area contributed by atoms with Gasteiger partial charge in [-0.25, -0.2) is 4.98 Å². The minimum absolute atomic E-state index is 0.0536. The lowest BCUT2D eigenvalue weighted by atomic mass is 10.2. The van der Waals surface area contributed by atoms with Crippen LogP contribution in [-0.2, 0) is 4.79 Å². The number of fused-ring (bicyclic) bond motifs is 1. The number of hydrogen-bond donors (Lipinski definition) is 1. The standard InChI is InChI=1S/C21H22N4O2S/c1-14-5-7-16(8-6-14)25(12-4-11-22)20(26)15(2)28-21-23-18-10-9-17(27-3)13-19(18)24-21/h5-10,13,15H,4,12H2,1-3H3,(H,23,24). The van der Waals surface area contributed by atoms with E-state index in [1.807, 2.05) is 56.3 Å². The normalized spacial score (nSPS) is 11.8. The number of imidazole rings is 1. The van der Waals surface area contributed by atoms with Crippen LogP contribution in [-0.4, -0.2) is 34.8 Å². The Hall–Kier alpha value is -2.98. The average molecular weight is 395 g/mol. The summed E-state index contributed by atoms with van der Waals surface area (Å²) in [6.45, 7) is 4.22. The molecule has 1 heterocycles. The fourth-order valence-corrected chi connectivity index (χ4v) is 3.72. The molecular weight excluding hydrogens is 372 g/mol. The van der Waals surface area contributed by atoms with Crippen molar-refractivity contribution in [3.8, 4) is 11.8 Å². The van der Waals surface area contributed by atoms with Crippen LogP contribution >= 0.6 is 11.8 Å². The number of carbonyl (C=O) groups is 1. The zero-order chi connectivity index (χ0) is 20.1. The van der Waals surface area contributed by atoms with Gasteiger partial charge in [0.2, 0.25) is 5.91 Å². The number of methoxy groups -OCH3 is 1. The summed E-state index contributed by atoms with van der Waals surface area (Å²) in [6.07, 6.45) is 0.279. The Bertz CT molecular complexity index is 1010. The molecule has 0 bridgehead atoms. The summed E-state index contributed by atoms with van der Waals surface area (Å²) in [5.41, 5.74) is 3.60. The molecule has 28 heavy (non-hydrogen) atoms. The van der Waals surface area contributed by atoms with Crippen molar-refractivity contribution >= 4 is 34.4 Å². The topological polar surface area (TPSA) is 82.0 Å². The minimum atomic E-state index is -0.359. The van der Waals surface area contributed by atoms with Crippen LogP contribution in [0.4, 0.5) is 5.69 Å². The summed E-state index contributed by atoms with van der Waals surface area (Å²) in [6, 6.07) is 15.5. The predicted molar refractivity (Wildman–Crippen MR) is 112 cm³/mol. The molecule has 1 amide bonds. The fraction of sp³-hybridized carbons (Fsp3) is 0.286. The van der Waals surface area contributed by atoms with E-state index in [1.165, 1.54) is 11.8 Å². The highest BCUT2D eigenvalue weighted by molar-refractivity contribution is 8.00. The van der Waals surface area contributed by atoms with Crippen molar-refractivity contribution in [3.05, 3.63) is 48.0 Å². The molecule has 1 aromatic heterocycles. The van der Waals surface area contributed by atoms with Crippen molar-refractivity contribution in [3.63, 3.8) is 0 Å². The van der Waals surface area contributed by atoms with Crippen molar-refractivity contribution in [1.29, 1.82) is 5.26 Å². The number of rotatable bonds is 7. The van der Waals surface area contributed by atoms with Crippen LogP contribution < -0.4 is 9.64 Å². The van der Waals surface area contributed by atoms with Crippen molar-refractivity contribution in [1.82, 2.24) is 9.97 Å². The fourth-order valence-electron chi connectivity index (χ4n) is 2.84. The van der Waals surface area contributed by atoms with E-state index in [4.69, 9.17) is 10.00 Å². The highest BCUT2D eigenvalue weighted by Gasteiger charge is 2.24. The van der Waals surface area contributed by atoms with E-state index in [-0.39, 0.29) is 17.6 Å². The third-order valence-corrected chi connectivity index (χ3v) is 5.33. The molecule has 3 aromatic rings. The number of aryl methyl sites for hydroxylation is 1. The number of hydrogen-bond acceptors (Lipinski definition) is 5. The minimum Gasteiger partial charge on any atom is -0.497 e. The number of carbonyl (C=O) groups excluding carboxylic acids is 1. The van der Waals surface area contributed by atoms with E-state index in [0.717, 1.165) is 28.0 Å². The van der Waals surface area contributed by atoms with Gasteiger partial charge >= 0.3 is 0 Å². The van der Waals surface area contributed by atoms with Crippen LogP contribution in [0.5, 0.6) is 5.75 Å². The molecule has 0 spiro atoms. The number of aromatic nitrogens is 2. The van der Waals surface area contributed by atoms with Crippen LogP contribution in [0.2, 0.25) is 0 Å². The molecule has 6 nitrogen and oxygen atoms in total. The molecule has 0 aliphatic heterocycles. The molecule has 0 aliphatic carbocycles. The van der Waals surface area contributed by atoms with Gasteiger partial charge in [0.1, 0.15) is 5.75 Å². The Balaban J connectivity index is 1.78. The zero-order valence-corrected chi connectivity index (χ0v) is 16.9. The molecule has 0 saturated heterocycles. The third-order valence-electron chi connectivity index (χ3n) is 4.36.